The average Bonchev–Trinajstić information content (AvgIpc) is 2.45. The van der Waals surface area contributed by atoms with Crippen LogP contribution in [0.1, 0.15) is 23.6 Å². The normalized spacial score (nSPS) is 9.90. The summed E-state index contributed by atoms with van der Waals surface area (Å²) in [5, 5.41) is 3.33. The van der Waals surface area contributed by atoms with E-state index in [1.54, 1.807) is 0 Å². The molecular weight excluding hydrogens is 270 g/mol. The first-order chi connectivity index (χ1) is 9.29. The van der Waals surface area contributed by atoms with E-state index in [0.717, 1.165) is 18.8 Å². The number of benzene rings is 2. The first-order valence-corrected chi connectivity index (χ1v) is 6.76. The van der Waals surface area contributed by atoms with Crippen LogP contribution in [0.4, 0.5) is 0 Å². The number of hydrogen-bond donors (Lipinski definition) is 1. The van der Waals surface area contributed by atoms with Crippen LogP contribution < -0.4 is 10.1 Å². The van der Waals surface area contributed by atoms with Crippen molar-refractivity contribution < 1.29 is 4.74 Å². The number of ether oxygens (including phenoxy) is 1. The second-order valence-corrected chi connectivity index (χ2v) is 4.66. The molecule has 0 atom stereocenters. The number of rotatable bonds is 6. The van der Waals surface area contributed by atoms with Gasteiger partial charge in [-0.15, -0.1) is 12.4 Å². The molecule has 2 rings (SSSR count). The fourth-order valence-corrected chi connectivity index (χ4v) is 1.90. The molecule has 2 aromatic carbocycles. The molecule has 0 bridgehead atoms. The molecule has 2 aromatic rings. The minimum atomic E-state index is 0. The van der Waals surface area contributed by atoms with Crippen molar-refractivity contribution in [3.05, 3.63) is 65.2 Å². The topological polar surface area (TPSA) is 21.3 Å². The van der Waals surface area contributed by atoms with E-state index >= 15 is 0 Å². The summed E-state index contributed by atoms with van der Waals surface area (Å²) in [5.41, 5.74) is 3.68. The maximum absolute atomic E-state index is 5.92. The summed E-state index contributed by atoms with van der Waals surface area (Å²) in [4.78, 5) is 0. The van der Waals surface area contributed by atoms with Gasteiger partial charge in [0.1, 0.15) is 12.4 Å². The summed E-state index contributed by atoms with van der Waals surface area (Å²) < 4.78 is 5.92. The van der Waals surface area contributed by atoms with Crippen LogP contribution in [0, 0.1) is 6.92 Å². The summed E-state index contributed by atoms with van der Waals surface area (Å²) in [6.07, 6.45) is 0. The predicted molar refractivity (Wildman–Crippen MR) is 86.6 cm³/mol. The van der Waals surface area contributed by atoms with Crippen LogP contribution >= 0.6 is 12.4 Å². The van der Waals surface area contributed by atoms with Crippen molar-refractivity contribution in [3.63, 3.8) is 0 Å². The molecule has 0 spiro atoms. The van der Waals surface area contributed by atoms with E-state index in [-0.39, 0.29) is 12.4 Å². The molecule has 0 amide bonds. The van der Waals surface area contributed by atoms with Crippen LogP contribution in [0.5, 0.6) is 5.75 Å². The summed E-state index contributed by atoms with van der Waals surface area (Å²) in [7, 11) is 0. The van der Waals surface area contributed by atoms with Gasteiger partial charge in [-0.05, 0) is 25.1 Å². The van der Waals surface area contributed by atoms with Gasteiger partial charge in [0.2, 0.25) is 0 Å². The molecule has 20 heavy (non-hydrogen) atoms. The highest BCUT2D eigenvalue weighted by Crippen LogP contribution is 2.19. The third-order valence-electron chi connectivity index (χ3n) is 3.05. The lowest BCUT2D eigenvalue weighted by molar-refractivity contribution is 0.302. The molecule has 0 radical (unpaired) electrons. The first kappa shape index (κ1) is 16.5. The summed E-state index contributed by atoms with van der Waals surface area (Å²) in [6.45, 7) is 6.63. The van der Waals surface area contributed by atoms with Gasteiger partial charge < -0.3 is 10.1 Å². The molecule has 0 unspecified atom stereocenters. The van der Waals surface area contributed by atoms with Crippen molar-refractivity contribution in [2.24, 2.45) is 0 Å². The van der Waals surface area contributed by atoms with Gasteiger partial charge >= 0.3 is 0 Å². The van der Waals surface area contributed by atoms with Crippen molar-refractivity contribution >= 4 is 12.4 Å². The van der Waals surface area contributed by atoms with Crippen molar-refractivity contribution in [2.45, 2.75) is 27.0 Å². The van der Waals surface area contributed by atoms with Gasteiger partial charge in [-0.3, -0.25) is 0 Å². The van der Waals surface area contributed by atoms with E-state index in [1.165, 1.54) is 16.7 Å². The second kappa shape index (κ2) is 8.62. The van der Waals surface area contributed by atoms with Crippen LogP contribution in [0.25, 0.3) is 0 Å². The van der Waals surface area contributed by atoms with E-state index < -0.39 is 0 Å². The average molecular weight is 292 g/mol. The minimum Gasteiger partial charge on any atom is -0.489 e. The lowest BCUT2D eigenvalue weighted by atomic mass is 10.1. The Balaban J connectivity index is 0.00000200. The maximum atomic E-state index is 5.92. The van der Waals surface area contributed by atoms with E-state index in [9.17, 15) is 0 Å². The molecule has 108 valence electrons. The lowest BCUT2D eigenvalue weighted by Gasteiger charge is -2.12. The second-order valence-electron chi connectivity index (χ2n) is 4.66. The fourth-order valence-electron chi connectivity index (χ4n) is 1.90. The van der Waals surface area contributed by atoms with Crippen LogP contribution in [-0.4, -0.2) is 6.54 Å². The van der Waals surface area contributed by atoms with Gasteiger partial charge in [0.25, 0.3) is 0 Å². The molecule has 1 N–H and O–H groups in total. The van der Waals surface area contributed by atoms with Crippen molar-refractivity contribution in [2.75, 3.05) is 6.54 Å². The molecule has 3 heteroatoms. The van der Waals surface area contributed by atoms with Crippen LogP contribution in [-0.2, 0) is 13.2 Å². The summed E-state index contributed by atoms with van der Waals surface area (Å²) in [5.74, 6) is 0.962. The SMILES string of the molecule is CCNCc1ccccc1OCc1ccc(C)cc1.Cl. The Morgan fingerprint density at radius 1 is 1.00 bits per heavy atom. The van der Waals surface area contributed by atoms with E-state index in [0.29, 0.717) is 6.61 Å². The van der Waals surface area contributed by atoms with Gasteiger partial charge in [0, 0.05) is 12.1 Å². The molecule has 0 aliphatic carbocycles. The molecule has 0 saturated heterocycles. The van der Waals surface area contributed by atoms with Crippen LogP contribution in [0.2, 0.25) is 0 Å². The van der Waals surface area contributed by atoms with Crippen molar-refractivity contribution in [3.8, 4) is 5.75 Å². The molecule has 0 fully saturated rings. The summed E-state index contributed by atoms with van der Waals surface area (Å²) in [6, 6.07) is 16.6. The lowest BCUT2D eigenvalue weighted by Crippen LogP contribution is -2.12. The summed E-state index contributed by atoms with van der Waals surface area (Å²) >= 11 is 0. The Labute approximate surface area is 127 Å². The molecule has 0 aliphatic rings. The Morgan fingerprint density at radius 2 is 1.70 bits per heavy atom. The molecule has 0 aliphatic heterocycles. The van der Waals surface area contributed by atoms with Gasteiger partial charge in [-0.1, -0.05) is 55.0 Å². The van der Waals surface area contributed by atoms with Crippen LogP contribution in [0.3, 0.4) is 0 Å². The predicted octanol–water partition coefficient (Wildman–Crippen LogP) is 4.11. The third-order valence-corrected chi connectivity index (χ3v) is 3.05. The highest BCUT2D eigenvalue weighted by molar-refractivity contribution is 5.85. The Morgan fingerprint density at radius 3 is 2.40 bits per heavy atom. The highest BCUT2D eigenvalue weighted by Gasteiger charge is 2.02. The van der Waals surface area contributed by atoms with Gasteiger partial charge in [-0.25, -0.2) is 0 Å². The molecule has 0 aromatic heterocycles. The zero-order chi connectivity index (χ0) is 13.5. The molecule has 2 nitrogen and oxygen atoms in total. The molecular formula is C17H22ClNO. The van der Waals surface area contributed by atoms with E-state index in [1.807, 2.05) is 18.2 Å². The number of para-hydroxylation sites is 1. The zero-order valence-electron chi connectivity index (χ0n) is 12.1. The standard InChI is InChI=1S/C17H21NO.ClH/c1-3-18-12-16-6-4-5-7-17(16)19-13-15-10-8-14(2)9-11-15;/h4-11,18H,3,12-13H2,1-2H3;1H. The highest BCUT2D eigenvalue weighted by atomic mass is 35.5. The third kappa shape index (κ3) is 4.87. The Bertz CT molecular complexity index is 511. The monoisotopic (exact) mass is 291 g/mol. The van der Waals surface area contributed by atoms with Gasteiger partial charge in [0.05, 0.1) is 0 Å². The number of hydrogen-bond acceptors (Lipinski definition) is 2. The van der Waals surface area contributed by atoms with Crippen LogP contribution in [0.15, 0.2) is 48.5 Å². The number of nitrogens with one attached hydrogen (secondary N) is 1. The quantitative estimate of drug-likeness (QED) is 0.865. The Kier molecular flexibility index (Phi) is 7.13. The first-order valence-electron chi connectivity index (χ1n) is 6.76. The van der Waals surface area contributed by atoms with Gasteiger partial charge in [0.15, 0.2) is 0 Å². The smallest absolute Gasteiger partial charge is 0.124 e. The van der Waals surface area contributed by atoms with Gasteiger partial charge in [-0.2, -0.15) is 0 Å². The maximum Gasteiger partial charge on any atom is 0.124 e. The molecule has 0 saturated carbocycles. The molecule has 0 heterocycles. The Hall–Kier alpha value is -1.51. The minimum absolute atomic E-state index is 0. The van der Waals surface area contributed by atoms with E-state index in [2.05, 4.69) is 49.5 Å². The van der Waals surface area contributed by atoms with E-state index in [4.69, 9.17) is 4.74 Å². The number of aryl methyl sites for hydroxylation is 1. The van der Waals surface area contributed by atoms with Crippen molar-refractivity contribution in [1.82, 2.24) is 5.32 Å². The largest absolute Gasteiger partial charge is 0.489 e. The fraction of sp³-hybridized carbons (Fsp3) is 0.294. The zero-order valence-corrected chi connectivity index (χ0v) is 12.9. The van der Waals surface area contributed by atoms with Crippen molar-refractivity contribution in [1.29, 1.82) is 0 Å². The number of halogens is 1.